The van der Waals surface area contributed by atoms with Gasteiger partial charge in [-0.15, -0.1) is 24.0 Å². The van der Waals surface area contributed by atoms with Gasteiger partial charge in [0.05, 0.1) is 20.3 Å². The molecular weight excluding hydrogens is 473 g/mol. The number of ether oxygens (including phenoxy) is 3. The Bertz CT molecular complexity index is 607. The fraction of sp³-hybridized carbons (Fsp3) is 0.650. The van der Waals surface area contributed by atoms with Gasteiger partial charge in [0, 0.05) is 38.8 Å². The molecule has 0 spiro atoms. The molecule has 0 amide bonds. The van der Waals surface area contributed by atoms with Gasteiger partial charge in [0.2, 0.25) is 0 Å². The quantitative estimate of drug-likeness (QED) is 0.257. The van der Waals surface area contributed by atoms with Crippen molar-refractivity contribution in [2.24, 2.45) is 10.4 Å². The molecule has 1 atom stereocenters. The minimum atomic E-state index is -0.0200. The summed E-state index contributed by atoms with van der Waals surface area (Å²) in [5.74, 6) is 2.22. The van der Waals surface area contributed by atoms with Crippen molar-refractivity contribution in [3.63, 3.8) is 0 Å². The first-order chi connectivity index (χ1) is 13.2. The summed E-state index contributed by atoms with van der Waals surface area (Å²) in [5, 5.41) is 16.0. The van der Waals surface area contributed by atoms with E-state index in [1.807, 2.05) is 18.2 Å². The van der Waals surface area contributed by atoms with Crippen molar-refractivity contribution in [3.8, 4) is 11.5 Å². The second-order valence-electron chi connectivity index (χ2n) is 6.89. The molecule has 0 aromatic heterocycles. The molecule has 1 aliphatic rings. The number of aliphatic imine (C=N–C) groups is 1. The van der Waals surface area contributed by atoms with Crippen LogP contribution in [-0.4, -0.2) is 58.2 Å². The lowest BCUT2D eigenvalue weighted by atomic mass is 9.84. The monoisotopic (exact) mass is 507 g/mol. The van der Waals surface area contributed by atoms with Gasteiger partial charge in [0.15, 0.2) is 17.5 Å². The number of aliphatic hydroxyl groups excluding tert-OH is 1. The van der Waals surface area contributed by atoms with Gasteiger partial charge in [-0.1, -0.05) is 13.0 Å². The Hall–Kier alpha value is -1.26. The predicted octanol–water partition coefficient (Wildman–Crippen LogP) is 2.56. The summed E-state index contributed by atoms with van der Waals surface area (Å²) in [6, 6.07) is 5.93. The van der Waals surface area contributed by atoms with Crippen LogP contribution in [0.2, 0.25) is 0 Å². The van der Waals surface area contributed by atoms with E-state index in [0.717, 1.165) is 55.4 Å². The molecule has 7 nitrogen and oxygen atoms in total. The van der Waals surface area contributed by atoms with Crippen LogP contribution in [0.1, 0.15) is 31.7 Å². The third-order valence-electron chi connectivity index (χ3n) is 4.83. The van der Waals surface area contributed by atoms with E-state index in [1.165, 1.54) is 0 Å². The number of halogens is 1. The topological polar surface area (TPSA) is 84.3 Å². The molecule has 1 unspecified atom stereocenters. The summed E-state index contributed by atoms with van der Waals surface area (Å²) >= 11 is 0. The van der Waals surface area contributed by atoms with Crippen molar-refractivity contribution in [2.45, 2.75) is 32.7 Å². The number of hydrogen-bond donors (Lipinski definition) is 3. The van der Waals surface area contributed by atoms with E-state index >= 15 is 0 Å². The van der Waals surface area contributed by atoms with Crippen LogP contribution in [0.5, 0.6) is 11.5 Å². The van der Waals surface area contributed by atoms with Gasteiger partial charge in [-0.05, 0) is 37.0 Å². The molecule has 1 aromatic rings. The number of rotatable bonds is 10. The largest absolute Gasteiger partial charge is 0.493 e. The molecule has 1 saturated heterocycles. The van der Waals surface area contributed by atoms with Crippen molar-refractivity contribution in [2.75, 3.05) is 47.1 Å². The molecule has 0 aliphatic carbocycles. The number of guanidine groups is 1. The normalized spacial score (nSPS) is 19.1. The molecule has 28 heavy (non-hydrogen) atoms. The van der Waals surface area contributed by atoms with Crippen LogP contribution in [-0.2, 0) is 11.3 Å². The van der Waals surface area contributed by atoms with Crippen molar-refractivity contribution in [1.82, 2.24) is 10.6 Å². The maximum absolute atomic E-state index is 9.34. The van der Waals surface area contributed by atoms with Crippen LogP contribution >= 0.6 is 24.0 Å². The van der Waals surface area contributed by atoms with Gasteiger partial charge in [-0.2, -0.15) is 0 Å². The second kappa shape index (κ2) is 13.1. The summed E-state index contributed by atoms with van der Waals surface area (Å²) < 4.78 is 16.7. The van der Waals surface area contributed by atoms with Crippen molar-refractivity contribution in [1.29, 1.82) is 0 Å². The molecule has 0 saturated carbocycles. The summed E-state index contributed by atoms with van der Waals surface area (Å²) in [6.07, 6.45) is 2.64. The standard InChI is InChI=1S/C20H33N3O4.HI/c1-4-10-27-17-6-5-16(12-18(17)25-3)13-22-19(21-2)23-14-20(7-9-24)8-11-26-15-20;/h5-6,12,24H,4,7-11,13-15H2,1-3H3,(H2,21,22,23);1H. The van der Waals surface area contributed by atoms with Gasteiger partial charge in [-0.3, -0.25) is 4.99 Å². The number of benzene rings is 1. The van der Waals surface area contributed by atoms with Crippen molar-refractivity contribution in [3.05, 3.63) is 23.8 Å². The number of hydrogen-bond acceptors (Lipinski definition) is 5. The predicted molar refractivity (Wildman–Crippen MR) is 122 cm³/mol. The van der Waals surface area contributed by atoms with Crippen LogP contribution in [0.3, 0.4) is 0 Å². The van der Waals surface area contributed by atoms with Crippen LogP contribution in [0, 0.1) is 5.41 Å². The van der Waals surface area contributed by atoms with Crippen LogP contribution in [0.15, 0.2) is 23.2 Å². The molecule has 160 valence electrons. The Labute approximate surface area is 185 Å². The molecule has 3 N–H and O–H groups in total. The van der Waals surface area contributed by atoms with Gasteiger partial charge in [-0.25, -0.2) is 0 Å². The molecular formula is C20H34IN3O4. The van der Waals surface area contributed by atoms with Crippen LogP contribution in [0.25, 0.3) is 0 Å². The van der Waals surface area contributed by atoms with Gasteiger partial charge in [0.25, 0.3) is 0 Å². The molecule has 2 rings (SSSR count). The fourth-order valence-electron chi connectivity index (χ4n) is 3.14. The maximum Gasteiger partial charge on any atom is 0.191 e. The Morgan fingerprint density at radius 1 is 1.32 bits per heavy atom. The average Bonchev–Trinajstić information content (AvgIpc) is 3.15. The van der Waals surface area contributed by atoms with Gasteiger partial charge < -0.3 is 30.0 Å². The number of methoxy groups -OCH3 is 1. The van der Waals surface area contributed by atoms with Crippen LogP contribution < -0.4 is 20.1 Å². The van der Waals surface area contributed by atoms with E-state index in [2.05, 4.69) is 22.5 Å². The summed E-state index contributed by atoms with van der Waals surface area (Å²) in [6.45, 7) is 5.68. The lowest BCUT2D eigenvalue weighted by Gasteiger charge is -2.27. The Kier molecular flexibility index (Phi) is 11.6. The fourth-order valence-corrected chi connectivity index (χ4v) is 3.14. The first kappa shape index (κ1) is 24.8. The average molecular weight is 507 g/mol. The van der Waals surface area contributed by atoms with Crippen molar-refractivity contribution >= 4 is 29.9 Å². The second-order valence-corrected chi connectivity index (χ2v) is 6.89. The molecule has 1 fully saturated rings. The smallest absolute Gasteiger partial charge is 0.191 e. The minimum absolute atomic E-state index is 0. The zero-order valence-corrected chi connectivity index (χ0v) is 19.5. The van der Waals surface area contributed by atoms with E-state index < -0.39 is 0 Å². The Balaban J connectivity index is 0.00000392. The SMILES string of the molecule is CCCOc1ccc(CNC(=NC)NCC2(CCO)CCOC2)cc1OC.I. The van der Waals surface area contributed by atoms with E-state index in [0.29, 0.717) is 19.8 Å². The first-order valence-electron chi connectivity index (χ1n) is 9.59. The highest BCUT2D eigenvalue weighted by Crippen LogP contribution is 2.31. The third kappa shape index (κ3) is 7.29. The maximum atomic E-state index is 9.34. The van der Waals surface area contributed by atoms with Gasteiger partial charge in [0.1, 0.15) is 0 Å². The van der Waals surface area contributed by atoms with Crippen molar-refractivity contribution < 1.29 is 19.3 Å². The van der Waals surface area contributed by atoms with E-state index in [4.69, 9.17) is 14.2 Å². The number of nitrogens with one attached hydrogen (secondary N) is 2. The Morgan fingerprint density at radius 3 is 2.75 bits per heavy atom. The van der Waals surface area contributed by atoms with E-state index in [1.54, 1.807) is 14.2 Å². The van der Waals surface area contributed by atoms with E-state index in [-0.39, 0.29) is 36.0 Å². The molecule has 1 aromatic carbocycles. The third-order valence-corrected chi connectivity index (χ3v) is 4.83. The zero-order chi connectivity index (χ0) is 19.5. The first-order valence-corrected chi connectivity index (χ1v) is 9.59. The summed E-state index contributed by atoms with van der Waals surface area (Å²) in [4.78, 5) is 4.29. The molecule has 1 heterocycles. The highest BCUT2D eigenvalue weighted by molar-refractivity contribution is 14.0. The minimum Gasteiger partial charge on any atom is -0.493 e. The highest BCUT2D eigenvalue weighted by Gasteiger charge is 2.34. The number of aliphatic hydroxyl groups is 1. The molecule has 1 aliphatic heterocycles. The Morgan fingerprint density at radius 2 is 2.14 bits per heavy atom. The van der Waals surface area contributed by atoms with E-state index in [9.17, 15) is 5.11 Å². The van der Waals surface area contributed by atoms with Gasteiger partial charge >= 0.3 is 0 Å². The zero-order valence-electron chi connectivity index (χ0n) is 17.1. The molecule has 8 heteroatoms. The highest BCUT2D eigenvalue weighted by atomic mass is 127. The lowest BCUT2D eigenvalue weighted by molar-refractivity contribution is 0.127. The number of nitrogens with zero attached hydrogens (tertiary/aromatic N) is 1. The summed E-state index contributed by atoms with van der Waals surface area (Å²) in [5.41, 5.74) is 1.06. The molecule has 0 bridgehead atoms. The van der Waals surface area contributed by atoms with Crippen LogP contribution in [0.4, 0.5) is 0 Å². The lowest BCUT2D eigenvalue weighted by Crippen LogP contribution is -2.44. The summed E-state index contributed by atoms with van der Waals surface area (Å²) in [7, 11) is 3.40. The molecule has 0 radical (unpaired) electrons.